The highest BCUT2D eigenvalue weighted by Crippen LogP contribution is 2.27. The number of ether oxygens (including phenoxy) is 1. The molecule has 0 aliphatic carbocycles. The summed E-state index contributed by atoms with van der Waals surface area (Å²) < 4.78 is 38.7. The van der Waals surface area contributed by atoms with Gasteiger partial charge in [0.2, 0.25) is 0 Å². The number of halogens is 1. The average Bonchev–Trinajstić information content (AvgIpc) is 2.41. The number of rotatable bonds is 7. The van der Waals surface area contributed by atoms with Crippen LogP contribution in [-0.2, 0) is 19.9 Å². The van der Waals surface area contributed by atoms with E-state index in [9.17, 15) is 17.4 Å². The van der Waals surface area contributed by atoms with Gasteiger partial charge in [-0.05, 0) is 24.6 Å². The molecular weight excluding hydrogens is 338 g/mol. The van der Waals surface area contributed by atoms with Crippen molar-refractivity contribution in [2.45, 2.75) is 11.3 Å². The first-order valence-corrected chi connectivity index (χ1v) is 10.00. The highest BCUT2D eigenvalue weighted by Gasteiger charge is 2.19. The number of nitrogens with one attached hydrogen (secondary N) is 1. The molecule has 1 atom stereocenters. The molecule has 0 radical (unpaired) electrons. The molecule has 0 saturated heterocycles. The smallest absolute Gasteiger partial charge is 0.265 e. The Labute approximate surface area is 130 Å². The predicted octanol–water partition coefficient (Wildman–Crippen LogP) is 1.12. The van der Waals surface area contributed by atoms with Crippen LogP contribution in [0.2, 0.25) is 0 Å². The van der Waals surface area contributed by atoms with Crippen LogP contribution >= 0.6 is 10.7 Å². The van der Waals surface area contributed by atoms with Gasteiger partial charge in [0.25, 0.3) is 15.0 Å². The molecule has 0 bridgehead atoms. The van der Waals surface area contributed by atoms with E-state index in [0.29, 0.717) is 18.7 Å². The minimum atomic E-state index is -4.01. The van der Waals surface area contributed by atoms with E-state index in [1.165, 1.54) is 19.2 Å². The van der Waals surface area contributed by atoms with E-state index < -0.39 is 25.8 Å². The van der Waals surface area contributed by atoms with E-state index >= 15 is 0 Å². The zero-order chi connectivity index (χ0) is 16.0. The van der Waals surface area contributed by atoms with Crippen molar-refractivity contribution in [3.8, 4) is 5.75 Å². The van der Waals surface area contributed by atoms with Crippen molar-refractivity contribution in [1.29, 1.82) is 0 Å². The number of carbonyl (C=O) groups is 1. The Hall–Kier alpha value is -1.12. The Bertz CT molecular complexity index is 645. The van der Waals surface area contributed by atoms with Crippen LogP contribution in [0, 0.1) is 0 Å². The highest BCUT2D eigenvalue weighted by molar-refractivity contribution is 8.13. The second-order valence-electron chi connectivity index (χ2n) is 4.19. The molecule has 0 spiro atoms. The van der Waals surface area contributed by atoms with Crippen LogP contribution in [0.4, 0.5) is 0 Å². The summed E-state index contributed by atoms with van der Waals surface area (Å²) in [5.74, 6) is 0.133. The van der Waals surface area contributed by atoms with Crippen molar-refractivity contribution in [3.63, 3.8) is 0 Å². The summed E-state index contributed by atoms with van der Waals surface area (Å²) in [6, 6.07) is 3.97. The van der Waals surface area contributed by atoms with E-state index in [1.54, 1.807) is 6.26 Å². The fraction of sp³-hybridized carbons (Fsp3) is 0.417. The number of methoxy groups -OCH3 is 1. The molecule has 0 aromatic heterocycles. The average molecular weight is 354 g/mol. The molecule has 1 aromatic carbocycles. The summed E-state index contributed by atoms with van der Waals surface area (Å²) in [6.45, 7) is 0.355. The molecule has 118 valence electrons. The van der Waals surface area contributed by atoms with E-state index in [4.69, 9.17) is 15.4 Å². The van der Waals surface area contributed by atoms with Crippen molar-refractivity contribution >= 4 is 36.4 Å². The topological polar surface area (TPSA) is 89.5 Å². The number of hydrogen-bond acceptors (Lipinski definition) is 5. The first-order valence-electron chi connectivity index (χ1n) is 5.96. The molecule has 0 fully saturated rings. The summed E-state index contributed by atoms with van der Waals surface area (Å²) in [6.07, 6.45) is 2.16. The van der Waals surface area contributed by atoms with E-state index in [0.717, 1.165) is 6.07 Å². The molecule has 0 aliphatic rings. The molecule has 1 N–H and O–H groups in total. The maximum Gasteiger partial charge on any atom is 0.265 e. The molecule has 6 nitrogen and oxygen atoms in total. The van der Waals surface area contributed by atoms with Crippen LogP contribution in [-0.4, -0.2) is 44.2 Å². The normalized spacial score (nSPS) is 12.7. The van der Waals surface area contributed by atoms with E-state index in [1.807, 2.05) is 0 Å². The molecule has 1 aromatic rings. The lowest BCUT2D eigenvalue weighted by atomic mass is 10.2. The Kier molecular flexibility index (Phi) is 6.63. The van der Waals surface area contributed by atoms with Gasteiger partial charge in [-0.3, -0.25) is 9.00 Å². The molecule has 0 heterocycles. The minimum Gasteiger partial charge on any atom is -0.495 e. The molecule has 1 unspecified atom stereocenters. The van der Waals surface area contributed by atoms with Gasteiger partial charge in [0.05, 0.1) is 7.11 Å². The third-order valence-corrected chi connectivity index (χ3v) is 4.79. The highest BCUT2D eigenvalue weighted by atomic mass is 35.7. The van der Waals surface area contributed by atoms with Crippen molar-refractivity contribution in [1.82, 2.24) is 5.32 Å². The quantitative estimate of drug-likeness (QED) is 0.586. The lowest BCUT2D eigenvalue weighted by molar-refractivity contribution is 0.0953. The van der Waals surface area contributed by atoms with Gasteiger partial charge in [0.1, 0.15) is 10.6 Å². The lowest BCUT2D eigenvalue weighted by Gasteiger charge is -2.09. The first kappa shape index (κ1) is 17.9. The Balaban J connectivity index is 2.84. The van der Waals surface area contributed by atoms with Gasteiger partial charge in [0.15, 0.2) is 0 Å². The zero-order valence-electron chi connectivity index (χ0n) is 11.6. The van der Waals surface area contributed by atoms with Crippen LogP contribution < -0.4 is 10.1 Å². The molecule has 9 heteroatoms. The van der Waals surface area contributed by atoms with Gasteiger partial charge < -0.3 is 10.1 Å². The molecular formula is C12H16ClNO5S2. The molecule has 0 aliphatic heterocycles. The first-order chi connectivity index (χ1) is 9.75. The van der Waals surface area contributed by atoms with Gasteiger partial charge in [-0.15, -0.1) is 0 Å². The van der Waals surface area contributed by atoms with Gasteiger partial charge in [-0.25, -0.2) is 8.42 Å². The Morgan fingerprint density at radius 3 is 2.62 bits per heavy atom. The fourth-order valence-electron chi connectivity index (χ4n) is 1.59. The Morgan fingerprint density at radius 2 is 2.10 bits per heavy atom. The van der Waals surface area contributed by atoms with E-state index in [2.05, 4.69) is 5.32 Å². The number of carbonyl (C=O) groups excluding carboxylic acids is 1. The fourth-order valence-corrected chi connectivity index (χ4v) is 3.16. The van der Waals surface area contributed by atoms with E-state index in [-0.39, 0.29) is 16.2 Å². The summed E-state index contributed by atoms with van der Waals surface area (Å²) in [4.78, 5) is 11.6. The summed E-state index contributed by atoms with van der Waals surface area (Å²) in [5.41, 5.74) is 0.160. The summed E-state index contributed by atoms with van der Waals surface area (Å²) >= 11 is 0. The van der Waals surface area contributed by atoms with Crippen molar-refractivity contribution in [3.05, 3.63) is 23.8 Å². The maximum atomic E-state index is 11.9. The number of hydrogen-bond donors (Lipinski definition) is 1. The largest absolute Gasteiger partial charge is 0.495 e. The SMILES string of the molecule is COc1ccc(C(=O)NCCCS(C)=O)cc1S(=O)(=O)Cl. The predicted molar refractivity (Wildman–Crippen MR) is 81.9 cm³/mol. The summed E-state index contributed by atoms with van der Waals surface area (Å²) in [7, 11) is 1.70. The van der Waals surface area contributed by atoms with Crippen molar-refractivity contribution < 1.29 is 22.2 Å². The van der Waals surface area contributed by atoms with Gasteiger partial charge >= 0.3 is 0 Å². The molecule has 1 amide bonds. The van der Waals surface area contributed by atoms with Gasteiger partial charge in [0, 0.05) is 45.6 Å². The lowest BCUT2D eigenvalue weighted by Crippen LogP contribution is -2.25. The van der Waals surface area contributed by atoms with Crippen LogP contribution in [0.15, 0.2) is 23.1 Å². The van der Waals surface area contributed by atoms with Crippen LogP contribution in [0.1, 0.15) is 16.8 Å². The van der Waals surface area contributed by atoms with Crippen LogP contribution in [0.25, 0.3) is 0 Å². The van der Waals surface area contributed by atoms with Gasteiger partial charge in [-0.1, -0.05) is 0 Å². The Morgan fingerprint density at radius 1 is 1.43 bits per heavy atom. The van der Waals surface area contributed by atoms with Crippen LogP contribution in [0.5, 0.6) is 5.75 Å². The van der Waals surface area contributed by atoms with Crippen molar-refractivity contribution in [2.24, 2.45) is 0 Å². The molecule has 1 rings (SSSR count). The van der Waals surface area contributed by atoms with Gasteiger partial charge in [-0.2, -0.15) is 0 Å². The maximum absolute atomic E-state index is 11.9. The monoisotopic (exact) mass is 353 g/mol. The number of amides is 1. The second kappa shape index (κ2) is 7.77. The standard InChI is InChI=1S/C12H16ClNO5S2/c1-19-10-5-4-9(8-11(10)21(13,17)18)12(15)14-6-3-7-20(2)16/h4-5,8H,3,6-7H2,1-2H3,(H,14,15). The summed E-state index contributed by atoms with van der Waals surface area (Å²) in [5, 5.41) is 2.62. The third-order valence-electron chi connectivity index (χ3n) is 2.58. The zero-order valence-corrected chi connectivity index (χ0v) is 14.0. The second-order valence-corrected chi connectivity index (χ2v) is 8.28. The van der Waals surface area contributed by atoms with Crippen LogP contribution in [0.3, 0.4) is 0 Å². The number of benzene rings is 1. The molecule has 21 heavy (non-hydrogen) atoms. The molecule has 0 saturated carbocycles. The van der Waals surface area contributed by atoms with Crippen molar-refractivity contribution in [2.75, 3.05) is 25.7 Å². The third kappa shape index (κ3) is 5.64. The minimum absolute atomic E-state index is 0.0722.